The predicted molar refractivity (Wildman–Crippen MR) is 111 cm³/mol. The van der Waals surface area contributed by atoms with Crippen LogP contribution in [0, 0.1) is 0 Å². The molecule has 1 fully saturated rings. The van der Waals surface area contributed by atoms with Crippen LogP contribution in [-0.2, 0) is 0 Å². The Morgan fingerprint density at radius 2 is 1.90 bits per heavy atom. The summed E-state index contributed by atoms with van der Waals surface area (Å²) in [4.78, 5) is 23.4. The highest BCUT2D eigenvalue weighted by molar-refractivity contribution is 7.14. The molecular formula is C21H19F3N4O2S. The van der Waals surface area contributed by atoms with Crippen LogP contribution in [0.2, 0.25) is 0 Å². The fraction of sp³-hybridized carbons (Fsp3) is 0.286. The Labute approximate surface area is 180 Å². The number of piperidine rings is 1. The Morgan fingerprint density at radius 1 is 1.16 bits per heavy atom. The minimum atomic E-state index is -4.76. The summed E-state index contributed by atoms with van der Waals surface area (Å²) in [7, 11) is 0. The number of alkyl halides is 3. The fourth-order valence-electron chi connectivity index (χ4n) is 3.35. The highest BCUT2D eigenvalue weighted by atomic mass is 32.1. The molecule has 3 aromatic rings. The van der Waals surface area contributed by atoms with Crippen LogP contribution >= 0.6 is 11.3 Å². The van der Waals surface area contributed by atoms with Crippen molar-refractivity contribution in [1.82, 2.24) is 15.3 Å². The summed E-state index contributed by atoms with van der Waals surface area (Å²) >= 11 is 1.58. The average molecular weight is 448 g/mol. The monoisotopic (exact) mass is 448 g/mol. The average Bonchev–Trinajstić information content (AvgIpc) is 3.25. The van der Waals surface area contributed by atoms with Crippen LogP contribution in [0.4, 0.5) is 18.3 Å². The number of thiazole rings is 1. The maximum Gasteiger partial charge on any atom is 0.573 e. The number of ether oxygens (including phenoxy) is 1. The third-order valence-corrected chi connectivity index (χ3v) is 5.80. The van der Waals surface area contributed by atoms with Crippen molar-refractivity contribution in [3.63, 3.8) is 0 Å². The van der Waals surface area contributed by atoms with Gasteiger partial charge >= 0.3 is 6.36 Å². The van der Waals surface area contributed by atoms with Crippen LogP contribution in [0.25, 0.3) is 11.3 Å². The van der Waals surface area contributed by atoms with Gasteiger partial charge in [0.05, 0.1) is 5.69 Å². The van der Waals surface area contributed by atoms with E-state index in [1.165, 1.54) is 12.1 Å². The van der Waals surface area contributed by atoms with E-state index in [-0.39, 0.29) is 23.3 Å². The molecule has 0 saturated carbocycles. The molecular weight excluding hydrogens is 429 g/mol. The van der Waals surface area contributed by atoms with Crippen molar-refractivity contribution in [2.24, 2.45) is 0 Å². The standard InChI is InChI=1S/C21H19F3N4O2S/c22-21(23,24)30-17-5-3-14(4-6-17)19(29)26-16-7-10-28(11-8-16)20-27-18(13-31-20)15-2-1-9-25-12-15/h1-6,9,12-13,16H,7-8,10-11H2,(H,26,29). The molecule has 4 rings (SSSR count). The molecule has 6 nitrogen and oxygen atoms in total. The van der Waals surface area contributed by atoms with E-state index >= 15 is 0 Å². The second-order valence-electron chi connectivity index (χ2n) is 7.06. The van der Waals surface area contributed by atoms with Gasteiger partial charge in [0.25, 0.3) is 5.91 Å². The van der Waals surface area contributed by atoms with Crippen LogP contribution < -0.4 is 15.0 Å². The van der Waals surface area contributed by atoms with Crippen LogP contribution in [0.5, 0.6) is 5.75 Å². The van der Waals surface area contributed by atoms with Gasteiger partial charge in [-0.2, -0.15) is 0 Å². The minimum absolute atomic E-state index is 0.00684. The SMILES string of the molecule is O=C(NC1CCN(c2nc(-c3cccnc3)cs2)CC1)c1ccc(OC(F)(F)F)cc1. The summed E-state index contributed by atoms with van der Waals surface area (Å²) in [5.74, 6) is -0.670. The van der Waals surface area contributed by atoms with E-state index < -0.39 is 6.36 Å². The van der Waals surface area contributed by atoms with Gasteiger partial charge in [0, 0.05) is 48.0 Å². The summed E-state index contributed by atoms with van der Waals surface area (Å²) in [6.07, 6.45) is 0.252. The predicted octanol–water partition coefficient (Wildman–Crippen LogP) is 4.50. The second kappa shape index (κ2) is 8.93. The van der Waals surface area contributed by atoms with E-state index in [0.29, 0.717) is 0 Å². The van der Waals surface area contributed by atoms with Gasteiger partial charge in [0.15, 0.2) is 5.13 Å². The molecule has 3 heterocycles. The fourth-order valence-corrected chi connectivity index (χ4v) is 4.24. The molecule has 0 aliphatic carbocycles. The zero-order valence-corrected chi connectivity index (χ0v) is 17.1. The first-order valence-corrected chi connectivity index (χ1v) is 10.5. The maximum absolute atomic E-state index is 12.4. The number of carbonyl (C=O) groups is 1. The van der Waals surface area contributed by atoms with E-state index in [9.17, 15) is 18.0 Å². The molecule has 0 bridgehead atoms. The van der Waals surface area contributed by atoms with E-state index in [2.05, 4.69) is 19.9 Å². The van der Waals surface area contributed by atoms with Gasteiger partial charge in [0.2, 0.25) is 0 Å². The number of halogens is 3. The Morgan fingerprint density at radius 3 is 2.55 bits per heavy atom. The lowest BCUT2D eigenvalue weighted by Crippen LogP contribution is -2.44. The van der Waals surface area contributed by atoms with Crippen molar-refractivity contribution in [2.45, 2.75) is 25.2 Å². The highest BCUT2D eigenvalue weighted by Gasteiger charge is 2.31. The number of aromatic nitrogens is 2. The molecule has 10 heteroatoms. The van der Waals surface area contributed by atoms with Gasteiger partial charge < -0.3 is 15.0 Å². The first kappa shape index (κ1) is 21.1. The lowest BCUT2D eigenvalue weighted by atomic mass is 10.0. The molecule has 162 valence electrons. The molecule has 0 spiro atoms. The normalized spacial score (nSPS) is 15.0. The number of nitrogens with one attached hydrogen (secondary N) is 1. The van der Waals surface area contributed by atoms with Crippen LogP contribution in [0.15, 0.2) is 54.2 Å². The van der Waals surface area contributed by atoms with Crippen LogP contribution in [0.1, 0.15) is 23.2 Å². The van der Waals surface area contributed by atoms with Crippen LogP contribution in [-0.4, -0.2) is 41.4 Å². The molecule has 2 aromatic heterocycles. The van der Waals surface area contributed by atoms with Gasteiger partial charge in [-0.1, -0.05) is 0 Å². The molecule has 0 unspecified atom stereocenters. The van der Waals surface area contributed by atoms with Crippen molar-refractivity contribution in [3.8, 4) is 17.0 Å². The molecule has 31 heavy (non-hydrogen) atoms. The number of benzene rings is 1. The van der Waals surface area contributed by atoms with Crippen molar-refractivity contribution in [2.75, 3.05) is 18.0 Å². The van der Waals surface area contributed by atoms with Crippen molar-refractivity contribution in [3.05, 3.63) is 59.7 Å². The number of rotatable bonds is 5. The number of hydrogen-bond donors (Lipinski definition) is 1. The van der Waals surface area contributed by atoms with Crippen LogP contribution in [0.3, 0.4) is 0 Å². The highest BCUT2D eigenvalue weighted by Crippen LogP contribution is 2.29. The van der Waals surface area contributed by atoms with Gasteiger partial charge in [-0.3, -0.25) is 9.78 Å². The first-order chi connectivity index (χ1) is 14.9. The number of pyridine rings is 1. The van der Waals surface area contributed by atoms with E-state index in [4.69, 9.17) is 4.98 Å². The second-order valence-corrected chi connectivity index (χ2v) is 7.90. The smallest absolute Gasteiger partial charge is 0.406 e. The topological polar surface area (TPSA) is 67.4 Å². The summed E-state index contributed by atoms with van der Waals surface area (Å²) in [5, 5.41) is 5.89. The maximum atomic E-state index is 12.4. The molecule has 1 N–H and O–H groups in total. The third kappa shape index (κ3) is 5.52. The molecule has 0 radical (unpaired) electrons. The van der Waals surface area contributed by atoms with Crippen molar-refractivity contribution in [1.29, 1.82) is 0 Å². The summed E-state index contributed by atoms with van der Waals surface area (Å²) in [5.41, 5.74) is 2.15. The summed E-state index contributed by atoms with van der Waals surface area (Å²) in [6.45, 7) is 1.51. The number of nitrogens with zero attached hydrogens (tertiary/aromatic N) is 3. The van der Waals surface area contributed by atoms with Crippen molar-refractivity contribution < 1.29 is 22.7 Å². The van der Waals surface area contributed by atoms with Gasteiger partial charge in [-0.05, 0) is 49.2 Å². The summed E-state index contributed by atoms with van der Waals surface area (Å²) < 4.78 is 40.5. The molecule has 1 aromatic carbocycles. The Kier molecular flexibility index (Phi) is 6.08. The number of hydrogen-bond acceptors (Lipinski definition) is 6. The Hall–Kier alpha value is -3.14. The summed E-state index contributed by atoms with van der Waals surface area (Å²) in [6, 6.07) is 8.74. The third-order valence-electron chi connectivity index (χ3n) is 4.90. The number of carbonyl (C=O) groups excluding carboxylic acids is 1. The van der Waals surface area contributed by atoms with E-state index in [0.717, 1.165) is 54.5 Å². The Balaban J connectivity index is 1.29. The van der Waals surface area contributed by atoms with Gasteiger partial charge in [-0.15, -0.1) is 24.5 Å². The minimum Gasteiger partial charge on any atom is -0.406 e. The van der Waals surface area contributed by atoms with Gasteiger partial charge in [-0.25, -0.2) is 4.98 Å². The molecule has 0 atom stereocenters. The van der Waals surface area contributed by atoms with E-state index in [1.54, 1.807) is 23.7 Å². The first-order valence-electron chi connectivity index (χ1n) is 9.65. The largest absolute Gasteiger partial charge is 0.573 e. The molecule has 1 aliphatic rings. The van der Waals surface area contributed by atoms with E-state index in [1.807, 2.05) is 17.5 Å². The number of amides is 1. The zero-order valence-electron chi connectivity index (χ0n) is 16.3. The van der Waals surface area contributed by atoms with Gasteiger partial charge in [0.1, 0.15) is 5.75 Å². The molecule has 1 amide bonds. The molecule has 1 saturated heterocycles. The number of anilines is 1. The lowest BCUT2D eigenvalue weighted by molar-refractivity contribution is -0.274. The molecule has 1 aliphatic heterocycles. The lowest BCUT2D eigenvalue weighted by Gasteiger charge is -2.32. The quantitative estimate of drug-likeness (QED) is 0.623. The van der Waals surface area contributed by atoms with Crippen molar-refractivity contribution >= 4 is 22.4 Å². The zero-order chi connectivity index (χ0) is 21.8. The Bertz CT molecular complexity index is 1020.